The van der Waals surface area contributed by atoms with E-state index in [1.54, 1.807) is 0 Å². The van der Waals surface area contributed by atoms with Crippen LogP contribution in [0, 0.1) is 0 Å². The van der Waals surface area contributed by atoms with Crippen LogP contribution in [0.15, 0.2) is 29.2 Å². The summed E-state index contributed by atoms with van der Waals surface area (Å²) in [6.07, 6.45) is -2.85. The van der Waals surface area contributed by atoms with Crippen LogP contribution in [0.5, 0.6) is 0 Å². The average Bonchev–Trinajstić information content (AvgIpc) is 1.86. The lowest BCUT2D eigenvalue weighted by atomic mass is 10.1. The SMILES string of the molecule is OC1=C=CC=C(C(F)(F)F)C1. The first-order valence-corrected chi connectivity index (χ1v) is 2.91. The molecule has 0 radical (unpaired) electrons. The molecule has 4 heteroatoms. The predicted molar refractivity (Wildman–Crippen MR) is 33.0 cm³/mol. The molecule has 0 spiro atoms. The maximum absolute atomic E-state index is 11.9. The zero-order valence-corrected chi connectivity index (χ0v) is 5.44. The monoisotopic (exact) mass is 162 g/mol. The number of rotatable bonds is 0. The fraction of sp³-hybridized carbons (Fsp3) is 0.286. The highest BCUT2D eigenvalue weighted by Gasteiger charge is 2.33. The second kappa shape index (κ2) is 2.47. The lowest BCUT2D eigenvalue weighted by Gasteiger charge is -2.10. The van der Waals surface area contributed by atoms with Crippen LogP contribution in [0.1, 0.15) is 6.42 Å². The number of aliphatic hydroxyl groups is 1. The summed E-state index contributed by atoms with van der Waals surface area (Å²) in [5, 5.41) is 8.68. The standard InChI is InChI=1S/C7H5F3O/c8-7(9,10)5-2-1-3-6(11)4-5/h1-2,11H,4H2. The first kappa shape index (κ1) is 7.95. The second-order valence-corrected chi connectivity index (χ2v) is 2.12. The van der Waals surface area contributed by atoms with Gasteiger partial charge in [0.25, 0.3) is 0 Å². The van der Waals surface area contributed by atoms with E-state index in [2.05, 4.69) is 5.73 Å². The van der Waals surface area contributed by atoms with Gasteiger partial charge in [0.1, 0.15) is 5.76 Å². The molecule has 0 unspecified atom stereocenters. The van der Waals surface area contributed by atoms with E-state index in [1.165, 1.54) is 0 Å². The molecule has 0 fully saturated rings. The topological polar surface area (TPSA) is 20.2 Å². The van der Waals surface area contributed by atoms with Gasteiger partial charge in [-0.05, 0) is 12.2 Å². The highest BCUT2D eigenvalue weighted by molar-refractivity contribution is 5.25. The molecule has 0 atom stereocenters. The molecule has 0 heterocycles. The van der Waals surface area contributed by atoms with Gasteiger partial charge in [-0.2, -0.15) is 13.2 Å². The minimum atomic E-state index is -4.34. The summed E-state index contributed by atoms with van der Waals surface area (Å²) in [4.78, 5) is 0. The van der Waals surface area contributed by atoms with Crippen LogP contribution in [-0.2, 0) is 0 Å². The normalized spacial score (nSPS) is 17.7. The number of hydrogen-bond acceptors (Lipinski definition) is 1. The lowest BCUT2D eigenvalue weighted by molar-refractivity contribution is -0.0939. The van der Waals surface area contributed by atoms with Crippen molar-refractivity contribution in [3.63, 3.8) is 0 Å². The summed E-state index contributed by atoms with van der Waals surface area (Å²) < 4.78 is 35.6. The third-order valence-electron chi connectivity index (χ3n) is 1.26. The Balaban J connectivity index is 2.83. The van der Waals surface area contributed by atoms with Crippen molar-refractivity contribution in [1.82, 2.24) is 0 Å². The Morgan fingerprint density at radius 2 is 2.09 bits per heavy atom. The Hall–Kier alpha value is -1.15. The second-order valence-electron chi connectivity index (χ2n) is 2.12. The van der Waals surface area contributed by atoms with Gasteiger partial charge < -0.3 is 5.11 Å². The van der Waals surface area contributed by atoms with Gasteiger partial charge >= 0.3 is 6.18 Å². The first-order valence-electron chi connectivity index (χ1n) is 2.91. The quantitative estimate of drug-likeness (QED) is 0.542. The summed E-state index contributed by atoms with van der Waals surface area (Å²) in [5.74, 6) is -0.375. The molecule has 1 aliphatic carbocycles. The van der Waals surface area contributed by atoms with Crippen molar-refractivity contribution in [2.24, 2.45) is 0 Å². The van der Waals surface area contributed by atoms with E-state index in [0.29, 0.717) is 0 Å². The van der Waals surface area contributed by atoms with Gasteiger partial charge in [-0.1, -0.05) is 5.73 Å². The van der Waals surface area contributed by atoms with Crippen molar-refractivity contribution in [2.45, 2.75) is 12.6 Å². The van der Waals surface area contributed by atoms with Gasteiger partial charge in [-0.3, -0.25) is 0 Å². The molecule has 0 aliphatic heterocycles. The van der Waals surface area contributed by atoms with E-state index in [1.807, 2.05) is 0 Å². The van der Waals surface area contributed by atoms with E-state index < -0.39 is 18.2 Å². The van der Waals surface area contributed by atoms with Crippen LogP contribution < -0.4 is 0 Å². The molecule has 0 aromatic heterocycles. The minimum absolute atomic E-state index is 0.375. The zero-order valence-electron chi connectivity index (χ0n) is 5.44. The summed E-state index contributed by atoms with van der Waals surface area (Å²) in [6.45, 7) is 0. The van der Waals surface area contributed by atoms with E-state index >= 15 is 0 Å². The van der Waals surface area contributed by atoms with Crippen LogP contribution in [0.2, 0.25) is 0 Å². The van der Waals surface area contributed by atoms with Crippen LogP contribution >= 0.6 is 0 Å². The number of halogens is 3. The summed E-state index contributed by atoms with van der Waals surface area (Å²) >= 11 is 0. The third-order valence-corrected chi connectivity index (χ3v) is 1.26. The van der Waals surface area contributed by atoms with Crippen LogP contribution in [0.25, 0.3) is 0 Å². The molecule has 0 amide bonds. The largest absolute Gasteiger partial charge is 0.504 e. The van der Waals surface area contributed by atoms with Gasteiger partial charge in [0.2, 0.25) is 0 Å². The molecule has 0 saturated carbocycles. The first-order chi connectivity index (χ1) is 5.00. The van der Waals surface area contributed by atoms with Crippen LogP contribution in [0.4, 0.5) is 13.2 Å². The van der Waals surface area contributed by atoms with E-state index in [9.17, 15) is 13.2 Å². The maximum Gasteiger partial charge on any atom is 0.413 e. The molecule has 1 rings (SSSR count). The van der Waals surface area contributed by atoms with Gasteiger partial charge in [-0.15, -0.1) is 0 Å². The molecule has 1 N–H and O–H groups in total. The van der Waals surface area contributed by atoms with Gasteiger partial charge in [0.15, 0.2) is 0 Å². The van der Waals surface area contributed by atoms with Crippen molar-refractivity contribution in [3.05, 3.63) is 29.2 Å². The molecule has 0 saturated heterocycles. The van der Waals surface area contributed by atoms with Gasteiger partial charge in [0.05, 0.1) is 0 Å². The lowest BCUT2D eigenvalue weighted by Crippen LogP contribution is -2.13. The number of alkyl halides is 3. The van der Waals surface area contributed by atoms with E-state index in [-0.39, 0.29) is 5.76 Å². The molecule has 60 valence electrons. The number of hydrogen-bond donors (Lipinski definition) is 1. The summed E-state index contributed by atoms with van der Waals surface area (Å²) in [5.41, 5.74) is 1.51. The Kier molecular flexibility index (Phi) is 1.79. The highest BCUT2D eigenvalue weighted by Crippen LogP contribution is 2.30. The highest BCUT2D eigenvalue weighted by atomic mass is 19.4. The van der Waals surface area contributed by atoms with Crippen molar-refractivity contribution >= 4 is 0 Å². The van der Waals surface area contributed by atoms with Crippen molar-refractivity contribution in [1.29, 1.82) is 0 Å². The zero-order chi connectivity index (χ0) is 8.48. The molecule has 0 bridgehead atoms. The molecule has 1 nitrogen and oxygen atoms in total. The average molecular weight is 162 g/mol. The van der Waals surface area contributed by atoms with Crippen LogP contribution in [-0.4, -0.2) is 11.3 Å². The fourth-order valence-corrected chi connectivity index (χ4v) is 0.724. The minimum Gasteiger partial charge on any atom is -0.504 e. The molecule has 0 aromatic rings. The molecule has 1 aliphatic rings. The van der Waals surface area contributed by atoms with Gasteiger partial charge in [0, 0.05) is 12.0 Å². The molecular weight excluding hydrogens is 157 g/mol. The summed E-state index contributed by atoms with van der Waals surface area (Å²) in [7, 11) is 0. The number of aliphatic hydroxyl groups excluding tert-OH is 1. The smallest absolute Gasteiger partial charge is 0.413 e. The molecular formula is C7H5F3O. The summed E-state index contributed by atoms with van der Waals surface area (Å²) in [6, 6.07) is 0. The Labute approximate surface area is 61.1 Å². The van der Waals surface area contributed by atoms with Crippen LogP contribution in [0.3, 0.4) is 0 Å². The number of allylic oxidation sites excluding steroid dienone is 2. The van der Waals surface area contributed by atoms with E-state index in [4.69, 9.17) is 5.11 Å². The van der Waals surface area contributed by atoms with E-state index in [0.717, 1.165) is 12.2 Å². The van der Waals surface area contributed by atoms with Gasteiger partial charge in [-0.25, -0.2) is 0 Å². The Morgan fingerprint density at radius 1 is 1.45 bits per heavy atom. The molecule has 11 heavy (non-hydrogen) atoms. The Morgan fingerprint density at radius 3 is 2.45 bits per heavy atom. The van der Waals surface area contributed by atoms with Crippen molar-refractivity contribution < 1.29 is 18.3 Å². The Bertz CT molecular complexity index is 253. The third kappa shape index (κ3) is 1.88. The van der Waals surface area contributed by atoms with Crippen molar-refractivity contribution in [3.8, 4) is 0 Å². The maximum atomic E-state index is 11.9. The predicted octanol–water partition coefficient (Wildman–Crippen LogP) is 2.48. The fourth-order valence-electron chi connectivity index (χ4n) is 0.724. The van der Waals surface area contributed by atoms with Crippen molar-refractivity contribution in [2.75, 3.05) is 0 Å². The molecule has 0 aromatic carbocycles.